The smallest absolute Gasteiger partial charge is 0.146 e. The number of rotatable bonds is 2. The van der Waals surface area contributed by atoms with Crippen molar-refractivity contribution in [2.24, 2.45) is 11.8 Å². The highest BCUT2D eigenvalue weighted by Gasteiger charge is 2.27. The number of hydrogen-bond donors (Lipinski definition) is 1. The second-order valence-electron chi connectivity index (χ2n) is 5.25. The normalized spacial score (nSPS) is 26.3. The minimum absolute atomic E-state index is 0.232. The fourth-order valence-electron chi connectivity index (χ4n) is 2.37. The van der Waals surface area contributed by atoms with Crippen LogP contribution in [-0.4, -0.2) is 18.2 Å². The average Bonchev–Trinajstić information content (AvgIpc) is 2.58. The van der Waals surface area contributed by atoms with Crippen molar-refractivity contribution >= 4 is 5.69 Å². The highest BCUT2D eigenvalue weighted by molar-refractivity contribution is 5.50. The van der Waals surface area contributed by atoms with E-state index >= 15 is 0 Å². The van der Waals surface area contributed by atoms with E-state index in [0.717, 1.165) is 13.1 Å². The summed E-state index contributed by atoms with van der Waals surface area (Å²) in [6.45, 7) is 7.87. The van der Waals surface area contributed by atoms with Gasteiger partial charge in [0.15, 0.2) is 0 Å². The molecule has 0 bridgehead atoms. The quantitative estimate of drug-likeness (QED) is 0.854. The van der Waals surface area contributed by atoms with Gasteiger partial charge in [0.25, 0.3) is 0 Å². The van der Waals surface area contributed by atoms with Gasteiger partial charge in [-0.3, -0.25) is 0 Å². The van der Waals surface area contributed by atoms with E-state index in [9.17, 15) is 9.50 Å². The van der Waals surface area contributed by atoms with Crippen molar-refractivity contribution < 1.29 is 9.50 Å². The van der Waals surface area contributed by atoms with Gasteiger partial charge >= 0.3 is 0 Å². The summed E-state index contributed by atoms with van der Waals surface area (Å²) in [5.41, 5.74) is 1.29. The maximum absolute atomic E-state index is 14.0. The first-order valence-electron chi connectivity index (χ1n) is 6.21. The lowest BCUT2D eigenvalue weighted by Crippen LogP contribution is -2.20. The zero-order valence-electron chi connectivity index (χ0n) is 10.7. The molecule has 0 radical (unpaired) electrons. The van der Waals surface area contributed by atoms with Crippen molar-refractivity contribution in [2.75, 3.05) is 18.0 Å². The van der Waals surface area contributed by atoms with E-state index in [2.05, 4.69) is 18.7 Å². The van der Waals surface area contributed by atoms with Crippen LogP contribution in [0.1, 0.15) is 32.4 Å². The molecule has 0 spiro atoms. The monoisotopic (exact) mass is 237 g/mol. The average molecular weight is 237 g/mol. The van der Waals surface area contributed by atoms with Crippen LogP contribution in [-0.2, 0) is 0 Å². The van der Waals surface area contributed by atoms with E-state index < -0.39 is 6.10 Å². The molecule has 3 atom stereocenters. The van der Waals surface area contributed by atoms with Crippen LogP contribution in [0.25, 0.3) is 0 Å². The molecule has 2 rings (SSSR count). The van der Waals surface area contributed by atoms with E-state index in [1.165, 1.54) is 6.07 Å². The molecule has 1 aromatic carbocycles. The van der Waals surface area contributed by atoms with Gasteiger partial charge in [0.1, 0.15) is 5.82 Å². The third-order valence-corrected chi connectivity index (χ3v) is 3.78. The van der Waals surface area contributed by atoms with Crippen molar-refractivity contribution in [1.29, 1.82) is 0 Å². The predicted octanol–water partition coefficient (Wildman–Crippen LogP) is 2.97. The van der Waals surface area contributed by atoms with Crippen LogP contribution in [0.5, 0.6) is 0 Å². The third kappa shape index (κ3) is 2.44. The Morgan fingerprint density at radius 2 is 1.88 bits per heavy atom. The zero-order chi connectivity index (χ0) is 12.6. The Labute approximate surface area is 102 Å². The Balaban J connectivity index is 2.23. The molecule has 3 heteroatoms. The van der Waals surface area contributed by atoms with E-state index in [-0.39, 0.29) is 5.82 Å². The van der Waals surface area contributed by atoms with Crippen LogP contribution in [0.3, 0.4) is 0 Å². The van der Waals surface area contributed by atoms with Gasteiger partial charge in [0, 0.05) is 13.1 Å². The number of halogens is 1. The van der Waals surface area contributed by atoms with Crippen LogP contribution in [0, 0.1) is 17.7 Å². The summed E-state index contributed by atoms with van der Waals surface area (Å²) < 4.78 is 14.0. The molecule has 17 heavy (non-hydrogen) atoms. The second-order valence-corrected chi connectivity index (χ2v) is 5.25. The molecule has 0 saturated carbocycles. The first kappa shape index (κ1) is 12.4. The Kier molecular flexibility index (Phi) is 3.38. The van der Waals surface area contributed by atoms with Gasteiger partial charge in [-0.25, -0.2) is 4.39 Å². The first-order chi connectivity index (χ1) is 7.99. The maximum Gasteiger partial charge on any atom is 0.146 e. The fraction of sp³-hybridized carbons (Fsp3) is 0.571. The Morgan fingerprint density at radius 1 is 1.29 bits per heavy atom. The molecule has 1 fully saturated rings. The lowest BCUT2D eigenvalue weighted by Gasteiger charge is -2.20. The summed E-state index contributed by atoms with van der Waals surface area (Å²) in [7, 11) is 0. The number of nitrogens with zero attached hydrogens (tertiary/aromatic N) is 1. The predicted molar refractivity (Wildman–Crippen MR) is 67.6 cm³/mol. The molecule has 3 unspecified atom stereocenters. The van der Waals surface area contributed by atoms with Crippen molar-refractivity contribution in [3.8, 4) is 0 Å². The summed E-state index contributed by atoms with van der Waals surface area (Å²) in [6, 6.07) is 5.02. The number of anilines is 1. The van der Waals surface area contributed by atoms with Crippen LogP contribution >= 0.6 is 0 Å². The van der Waals surface area contributed by atoms with Gasteiger partial charge in [0.05, 0.1) is 11.8 Å². The highest BCUT2D eigenvalue weighted by atomic mass is 19.1. The van der Waals surface area contributed by atoms with Gasteiger partial charge in [0.2, 0.25) is 0 Å². The van der Waals surface area contributed by atoms with E-state index in [1.54, 1.807) is 19.1 Å². The first-order valence-corrected chi connectivity index (χ1v) is 6.21. The molecule has 0 amide bonds. The van der Waals surface area contributed by atoms with Crippen LogP contribution in [0.2, 0.25) is 0 Å². The molecule has 1 aromatic rings. The molecular formula is C14H20FNO. The highest BCUT2D eigenvalue weighted by Crippen LogP contribution is 2.30. The molecule has 1 heterocycles. The minimum atomic E-state index is -0.616. The van der Waals surface area contributed by atoms with E-state index in [0.29, 0.717) is 23.1 Å². The maximum atomic E-state index is 14.0. The fourth-order valence-corrected chi connectivity index (χ4v) is 2.37. The number of benzene rings is 1. The summed E-state index contributed by atoms with van der Waals surface area (Å²) in [6.07, 6.45) is -0.616. The Morgan fingerprint density at radius 3 is 2.35 bits per heavy atom. The summed E-state index contributed by atoms with van der Waals surface area (Å²) in [5, 5.41) is 9.41. The van der Waals surface area contributed by atoms with Crippen molar-refractivity contribution in [3.63, 3.8) is 0 Å². The molecule has 0 aliphatic carbocycles. The van der Waals surface area contributed by atoms with Crippen molar-refractivity contribution in [1.82, 2.24) is 0 Å². The summed E-state index contributed by atoms with van der Waals surface area (Å²) >= 11 is 0. The SMILES string of the molecule is CC(O)c1ccc(N2CC(C)C(C)C2)c(F)c1. The van der Waals surface area contributed by atoms with E-state index in [4.69, 9.17) is 0 Å². The van der Waals surface area contributed by atoms with Gasteiger partial charge in [-0.15, -0.1) is 0 Å². The summed E-state index contributed by atoms with van der Waals surface area (Å²) in [5.74, 6) is 0.974. The lowest BCUT2D eigenvalue weighted by atomic mass is 10.0. The lowest BCUT2D eigenvalue weighted by molar-refractivity contribution is 0.199. The Bertz CT molecular complexity index is 395. The number of aliphatic hydroxyl groups excluding tert-OH is 1. The largest absolute Gasteiger partial charge is 0.389 e. The molecule has 0 aromatic heterocycles. The standard InChI is InChI=1S/C14H20FNO/c1-9-7-16(8-10(9)2)14-5-4-12(11(3)17)6-13(14)15/h4-6,9-11,17H,7-8H2,1-3H3. The topological polar surface area (TPSA) is 23.5 Å². The number of aliphatic hydroxyl groups is 1. The van der Waals surface area contributed by atoms with Gasteiger partial charge in [-0.1, -0.05) is 19.9 Å². The molecular weight excluding hydrogens is 217 g/mol. The Hall–Kier alpha value is -1.09. The van der Waals surface area contributed by atoms with Crippen LogP contribution < -0.4 is 4.90 Å². The van der Waals surface area contributed by atoms with Crippen molar-refractivity contribution in [3.05, 3.63) is 29.6 Å². The second kappa shape index (κ2) is 4.65. The minimum Gasteiger partial charge on any atom is -0.389 e. The van der Waals surface area contributed by atoms with E-state index in [1.807, 2.05) is 0 Å². The number of hydrogen-bond acceptors (Lipinski definition) is 2. The molecule has 1 aliphatic rings. The molecule has 1 N–H and O–H groups in total. The molecule has 1 aliphatic heterocycles. The van der Waals surface area contributed by atoms with Crippen LogP contribution in [0.15, 0.2) is 18.2 Å². The zero-order valence-corrected chi connectivity index (χ0v) is 10.7. The molecule has 1 saturated heterocycles. The van der Waals surface area contributed by atoms with Crippen molar-refractivity contribution in [2.45, 2.75) is 26.9 Å². The summed E-state index contributed by atoms with van der Waals surface area (Å²) in [4.78, 5) is 2.09. The molecule has 94 valence electrons. The third-order valence-electron chi connectivity index (χ3n) is 3.78. The van der Waals surface area contributed by atoms with Gasteiger partial charge in [-0.2, -0.15) is 0 Å². The molecule has 2 nitrogen and oxygen atoms in total. The van der Waals surface area contributed by atoms with Gasteiger partial charge in [-0.05, 0) is 36.5 Å². The van der Waals surface area contributed by atoms with Crippen LogP contribution in [0.4, 0.5) is 10.1 Å². The van der Waals surface area contributed by atoms with Gasteiger partial charge < -0.3 is 10.0 Å².